The molecule has 0 radical (unpaired) electrons. The van der Waals surface area contributed by atoms with E-state index in [1.165, 1.54) is 11.1 Å². The number of nitrogens with one attached hydrogen (secondary N) is 1. The second-order valence-corrected chi connectivity index (χ2v) is 8.71. The van der Waals surface area contributed by atoms with Crippen molar-refractivity contribution in [3.63, 3.8) is 0 Å². The van der Waals surface area contributed by atoms with Gasteiger partial charge < -0.3 is 15.3 Å². The number of benzene rings is 2. The third kappa shape index (κ3) is 4.87. The quantitative estimate of drug-likeness (QED) is 0.697. The summed E-state index contributed by atoms with van der Waals surface area (Å²) < 4.78 is 0.964. The lowest BCUT2D eigenvalue weighted by molar-refractivity contribution is -0.148. The maximum Gasteiger partial charge on any atom is 0.252 e. The molecular formula is C23H27BrN2O3. The molecule has 2 aromatic carbocycles. The van der Waals surface area contributed by atoms with Gasteiger partial charge in [0.15, 0.2) is 0 Å². The van der Waals surface area contributed by atoms with Gasteiger partial charge in [0.2, 0.25) is 5.91 Å². The summed E-state index contributed by atoms with van der Waals surface area (Å²) in [5.41, 5.74) is 3.43. The first-order chi connectivity index (χ1) is 13.8. The van der Waals surface area contributed by atoms with Crippen LogP contribution in [0.1, 0.15) is 36.6 Å². The number of hydrogen-bond donors (Lipinski definition) is 2. The SMILES string of the molecule is C[C@H](NC(=O)[C@H](C)[C@@H](O)C(=O)N(C)C1Cc2ccccc2C1)c1ccc(Br)cc1. The van der Waals surface area contributed by atoms with Crippen LogP contribution in [-0.4, -0.2) is 41.0 Å². The van der Waals surface area contributed by atoms with Gasteiger partial charge in [0.25, 0.3) is 5.91 Å². The van der Waals surface area contributed by atoms with Crippen molar-refractivity contribution >= 4 is 27.7 Å². The molecule has 2 N–H and O–H groups in total. The zero-order valence-electron chi connectivity index (χ0n) is 16.9. The number of hydrogen-bond acceptors (Lipinski definition) is 3. The zero-order chi connectivity index (χ0) is 21.1. The van der Waals surface area contributed by atoms with E-state index in [2.05, 4.69) is 33.4 Å². The number of carbonyl (C=O) groups excluding carboxylic acids is 2. The predicted octanol–water partition coefficient (Wildman–Crippen LogP) is 3.25. The summed E-state index contributed by atoms with van der Waals surface area (Å²) in [4.78, 5) is 27.0. The van der Waals surface area contributed by atoms with Gasteiger partial charge in [-0.25, -0.2) is 0 Å². The summed E-state index contributed by atoms with van der Waals surface area (Å²) in [6.45, 7) is 3.47. The van der Waals surface area contributed by atoms with E-state index >= 15 is 0 Å². The Balaban J connectivity index is 1.58. The Bertz CT molecular complexity index is 859. The Hall–Kier alpha value is -2.18. The predicted molar refractivity (Wildman–Crippen MR) is 116 cm³/mol. The molecule has 0 spiro atoms. The monoisotopic (exact) mass is 458 g/mol. The van der Waals surface area contributed by atoms with Crippen LogP contribution in [0.15, 0.2) is 53.0 Å². The average molecular weight is 459 g/mol. The van der Waals surface area contributed by atoms with Crippen LogP contribution in [0, 0.1) is 5.92 Å². The first kappa shape index (κ1) is 21.5. The Morgan fingerprint density at radius 3 is 2.17 bits per heavy atom. The number of likely N-dealkylation sites (N-methyl/N-ethyl adjacent to an activating group) is 1. The van der Waals surface area contributed by atoms with Crippen LogP contribution < -0.4 is 5.32 Å². The summed E-state index contributed by atoms with van der Waals surface area (Å²) >= 11 is 3.39. The normalized spacial score (nSPS) is 16.6. The Morgan fingerprint density at radius 1 is 1.07 bits per heavy atom. The minimum atomic E-state index is -1.37. The van der Waals surface area contributed by atoms with Crippen LogP contribution in [0.4, 0.5) is 0 Å². The smallest absolute Gasteiger partial charge is 0.252 e. The molecule has 0 aliphatic heterocycles. The standard InChI is InChI=1S/C23H27BrN2O3/c1-14(22(28)25-15(2)16-8-10-19(24)11-9-16)21(27)23(29)26(3)20-12-17-6-4-5-7-18(17)13-20/h4-11,14-15,20-21,27H,12-13H2,1-3H3,(H,25,28)/t14-,15+,21-/m1/s1. The fraction of sp³-hybridized carbons (Fsp3) is 0.391. The van der Waals surface area contributed by atoms with E-state index in [9.17, 15) is 14.7 Å². The third-order valence-electron chi connectivity index (χ3n) is 5.79. The van der Waals surface area contributed by atoms with Gasteiger partial charge in [-0.1, -0.05) is 59.3 Å². The molecular weight excluding hydrogens is 432 g/mol. The van der Waals surface area contributed by atoms with Crippen molar-refractivity contribution in [3.8, 4) is 0 Å². The van der Waals surface area contributed by atoms with E-state index in [0.29, 0.717) is 0 Å². The zero-order valence-corrected chi connectivity index (χ0v) is 18.5. The molecule has 1 aliphatic rings. The van der Waals surface area contributed by atoms with Gasteiger partial charge in [0, 0.05) is 17.6 Å². The molecule has 2 amide bonds. The summed E-state index contributed by atoms with van der Waals surface area (Å²) in [5.74, 6) is -1.60. The molecule has 0 heterocycles. The van der Waals surface area contributed by atoms with Crippen molar-refractivity contribution in [3.05, 3.63) is 69.7 Å². The van der Waals surface area contributed by atoms with Crippen molar-refractivity contribution in [2.75, 3.05) is 7.05 Å². The van der Waals surface area contributed by atoms with Gasteiger partial charge in [0.05, 0.1) is 12.0 Å². The van der Waals surface area contributed by atoms with E-state index in [0.717, 1.165) is 22.9 Å². The van der Waals surface area contributed by atoms with Crippen LogP contribution in [0.3, 0.4) is 0 Å². The molecule has 29 heavy (non-hydrogen) atoms. The molecule has 0 unspecified atom stereocenters. The summed E-state index contributed by atoms with van der Waals surface area (Å²) in [6.07, 6.45) is 0.166. The van der Waals surface area contributed by atoms with Crippen molar-refractivity contribution in [1.82, 2.24) is 10.2 Å². The lowest BCUT2D eigenvalue weighted by Gasteiger charge is -2.29. The maximum atomic E-state index is 12.8. The second kappa shape index (κ2) is 9.09. The Kier molecular flexibility index (Phi) is 6.75. The van der Waals surface area contributed by atoms with Crippen LogP contribution in [0.5, 0.6) is 0 Å². The van der Waals surface area contributed by atoms with E-state index < -0.39 is 17.9 Å². The summed E-state index contributed by atoms with van der Waals surface area (Å²) in [5, 5.41) is 13.5. The first-order valence-corrected chi connectivity index (χ1v) is 10.6. The molecule has 0 saturated heterocycles. The number of amides is 2. The number of rotatable bonds is 6. The van der Waals surface area contributed by atoms with Gasteiger partial charge in [-0.3, -0.25) is 9.59 Å². The van der Waals surface area contributed by atoms with Crippen molar-refractivity contribution in [1.29, 1.82) is 0 Å². The highest BCUT2D eigenvalue weighted by Gasteiger charge is 2.35. The highest BCUT2D eigenvalue weighted by Crippen LogP contribution is 2.25. The van der Waals surface area contributed by atoms with Gasteiger partial charge in [0.1, 0.15) is 6.10 Å². The Morgan fingerprint density at radius 2 is 1.62 bits per heavy atom. The van der Waals surface area contributed by atoms with E-state index in [1.807, 2.05) is 43.3 Å². The topological polar surface area (TPSA) is 69.6 Å². The minimum absolute atomic E-state index is 0.00602. The lowest BCUT2D eigenvalue weighted by Crippen LogP contribution is -2.49. The number of carbonyl (C=O) groups is 2. The van der Waals surface area contributed by atoms with Gasteiger partial charge in [-0.05, 0) is 48.6 Å². The molecule has 2 aromatic rings. The van der Waals surface area contributed by atoms with E-state index in [1.54, 1.807) is 18.9 Å². The largest absolute Gasteiger partial charge is 0.382 e. The highest BCUT2D eigenvalue weighted by atomic mass is 79.9. The van der Waals surface area contributed by atoms with Crippen LogP contribution in [-0.2, 0) is 22.4 Å². The number of nitrogens with zero attached hydrogens (tertiary/aromatic N) is 1. The molecule has 6 heteroatoms. The number of aliphatic hydroxyl groups is 1. The first-order valence-electron chi connectivity index (χ1n) is 9.85. The van der Waals surface area contributed by atoms with Crippen molar-refractivity contribution in [2.45, 2.75) is 44.9 Å². The molecule has 0 aromatic heterocycles. The van der Waals surface area contributed by atoms with Gasteiger partial charge in [-0.15, -0.1) is 0 Å². The van der Waals surface area contributed by atoms with E-state index in [-0.39, 0.29) is 18.0 Å². The lowest BCUT2D eigenvalue weighted by atomic mass is 10.00. The molecule has 0 saturated carbocycles. The number of aliphatic hydroxyl groups excluding tert-OH is 1. The third-order valence-corrected chi connectivity index (χ3v) is 6.32. The molecule has 3 atom stereocenters. The second-order valence-electron chi connectivity index (χ2n) is 7.80. The summed E-state index contributed by atoms with van der Waals surface area (Å²) in [6, 6.07) is 15.6. The Labute approximate surface area is 180 Å². The fourth-order valence-electron chi connectivity index (χ4n) is 3.73. The van der Waals surface area contributed by atoms with Crippen LogP contribution in [0.25, 0.3) is 0 Å². The van der Waals surface area contributed by atoms with Crippen molar-refractivity contribution < 1.29 is 14.7 Å². The highest BCUT2D eigenvalue weighted by molar-refractivity contribution is 9.10. The number of fused-ring (bicyclic) bond motifs is 1. The minimum Gasteiger partial charge on any atom is -0.382 e. The van der Waals surface area contributed by atoms with Crippen LogP contribution in [0.2, 0.25) is 0 Å². The van der Waals surface area contributed by atoms with Crippen LogP contribution >= 0.6 is 15.9 Å². The van der Waals surface area contributed by atoms with Crippen molar-refractivity contribution in [2.24, 2.45) is 5.92 Å². The molecule has 1 aliphatic carbocycles. The molecule has 154 valence electrons. The molecule has 3 rings (SSSR count). The molecule has 5 nitrogen and oxygen atoms in total. The molecule has 0 fully saturated rings. The van der Waals surface area contributed by atoms with Gasteiger partial charge in [-0.2, -0.15) is 0 Å². The average Bonchev–Trinajstić information content (AvgIpc) is 3.16. The van der Waals surface area contributed by atoms with E-state index in [4.69, 9.17) is 0 Å². The molecule has 0 bridgehead atoms. The van der Waals surface area contributed by atoms with Gasteiger partial charge >= 0.3 is 0 Å². The fourth-order valence-corrected chi connectivity index (χ4v) is 4.00. The number of halogens is 1. The maximum absolute atomic E-state index is 12.8. The summed E-state index contributed by atoms with van der Waals surface area (Å²) in [7, 11) is 1.71.